The number of aryl methyl sites for hydroxylation is 1. The third-order valence-corrected chi connectivity index (χ3v) is 4.63. The molecule has 2 rings (SSSR count). The molecule has 1 aliphatic rings. The van der Waals surface area contributed by atoms with Crippen molar-refractivity contribution in [3.05, 3.63) is 22.1 Å². The highest BCUT2D eigenvalue weighted by atomic mass is 16.6. The summed E-state index contributed by atoms with van der Waals surface area (Å²) in [5.74, 6) is 0.706. The van der Waals surface area contributed by atoms with Gasteiger partial charge >= 0.3 is 6.09 Å². The van der Waals surface area contributed by atoms with Crippen LogP contribution in [0.1, 0.15) is 46.1 Å². The molecule has 1 aliphatic heterocycles. The average Bonchev–Trinajstić information content (AvgIpc) is 2.51. The van der Waals surface area contributed by atoms with Crippen LogP contribution in [0.5, 0.6) is 0 Å². The predicted octanol–water partition coefficient (Wildman–Crippen LogP) is 2.22. The summed E-state index contributed by atoms with van der Waals surface area (Å²) < 4.78 is 6.90. The van der Waals surface area contributed by atoms with Crippen molar-refractivity contribution in [1.82, 2.24) is 14.9 Å². The number of aromatic nitrogens is 2. The van der Waals surface area contributed by atoms with Crippen molar-refractivity contribution < 1.29 is 9.53 Å². The lowest BCUT2D eigenvalue weighted by Gasteiger charge is -2.40. The second kappa shape index (κ2) is 7.06. The number of rotatable bonds is 3. The van der Waals surface area contributed by atoms with Gasteiger partial charge in [-0.3, -0.25) is 9.36 Å². The van der Waals surface area contributed by atoms with Crippen LogP contribution < -0.4 is 15.8 Å². The van der Waals surface area contributed by atoms with Gasteiger partial charge in [0.1, 0.15) is 5.60 Å². The Balaban J connectivity index is 1.93. The number of anilines is 1. The lowest BCUT2D eigenvalue weighted by molar-refractivity contribution is 0.0495. The van der Waals surface area contributed by atoms with Crippen molar-refractivity contribution >= 4 is 12.0 Å². The number of amides is 1. The fourth-order valence-electron chi connectivity index (χ4n) is 2.97. The standard InChI is InChI=1S/C18H30N4O3/c1-13-11-19-15(21(6)14(13)23)22-9-7-18(5,8-10-22)12-20-16(24)25-17(2,3)4/h11H,7-10,12H2,1-6H3,(H,20,24). The number of nitrogens with one attached hydrogen (secondary N) is 1. The van der Waals surface area contributed by atoms with E-state index in [1.54, 1.807) is 24.7 Å². The van der Waals surface area contributed by atoms with Crippen LogP contribution in [0.25, 0.3) is 0 Å². The van der Waals surface area contributed by atoms with E-state index >= 15 is 0 Å². The molecule has 1 fully saturated rings. The highest BCUT2D eigenvalue weighted by Gasteiger charge is 2.32. The van der Waals surface area contributed by atoms with Gasteiger partial charge in [-0.2, -0.15) is 0 Å². The van der Waals surface area contributed by atoms with Crippen molar-refractivity contribution in [1.29, 1.82) is 0 Å². The molecule has 0 atom stereocenters. The number of carbonyl (C=O) groups is 1. The van der Waals surface area contributed by atoms with Gasteiger partial charge in [0.2, 0.25) is 5.95 Å². The maximum absolute atomic E-state index is 12.1. The van der Waals surface area contributed by atoms with Crippen LogP contribution in [0.2, 0.25) is 0 Å². The molecular formula is C18H30N4O3. The molecular weight excluding hydrogens is 320 g/mol. The fourth-order valence-corrected chi connectivity index (χ4v) is 2.97. The Morgan fingerprint density at radius 1 is 1.36 bits per heavy atom. The van der Waals surface area contributed by atoms with Crippen molar-refractivity contribution in [3.63, 3.8) is 0 Å². The van der Waals surface area contributed by atoms with Gasteiger partial charge in [0.15, 0.2) is 0 Å². The maximum atomic E-state index is 12.1. The van der Waals surface area contributed by atoms with Crippen molar-refractivity contribution in [2.24, 2.45) is 12.5 Å². The lowest BCUT2D eigenvalue weighted by Crippen LogP contribution is -2.47. The number of nitrogens with zero attached hydrogens (tertiary/aromatic N) is 3. The number of ether oxygens (including phenoxy) is 1. The summed E-state index contributed by atoms with van der Waals surface area (Å²) in [5.41, 5.74) is 0.160. The molecule has 1 N–H and O–H groups in total. The predicted molar refractivity (Wildman–Crippen MR) is 98.0 cm³/mol. The van der Waals surface area contributed by atoms with Gasteiger partial charge < -0.3 is 15.0 Å². The van der Waals surface area contributed by atoms with E-state index in [1.807, 2.05) is 20.8 Å². The minimum Gasteiger partial charge on any atom is -0.444 e. The van der Waals surface area contributed by atoms with Gasteiger partial charge in [0.05, 0.1) is 0 Å². The molecule has 0 bridgehead atoms. The van der Waals surface area contributed by atoms with Gasteiger partial charge in [-0.1, -0.05) is 6.92 Å². The van der Waals surface area contributed by atoms with Crippen LogP contribution in [0.3, 0.4) is 0 Å². The topological polar surface area (TPSA) is 76.5 Å². The van der Waals surface area contributed by atoms with Crippen molar-refractivity contribution in [3.8, 4) is 0 Å². The first-order valence-electron chi connectivity index (χ1n) is 8.75. The zero-order valence-corrected chi connectivity index (χ0v) is 16.2. The second-order valence-electron chi connectivity index (χ2n) is 8.26. The van der Waals surface area contributed by atoms with Gasteiger partial charge in [-0.15, -0.1) is 0 Å². The molecule has 0 saturated carbocycles. The minimum atomic E-state index is -0.490. The summed E-state index contributed by atoms with van der Waals surface area (Å²) in [6.07, 6.45) is 3.08. The molecule has 1 saturated heterocycles. The molecule has 1 amide bonds. The number of carbonyl (C=O) groups excluding carboxylic acids is 1. The smallest absolute Gasteiger partial charge is 0.407 e. The summed E-state index contributed by atoms with van der Waals surface area (Å²) >= 11 is 0. The largest absolute Gasteiger partial charge is 0.444 e. The Hall–Kier alpha value is -2.05. The van der Waals surface area contributed by atoms with Gasteiger partial charge in [0.25, 0.3) is 5.56 Å². The molecule has 0 radical (unpaired) electrons. The Bertz CT molecular complexity index is 683. The first-order chi connectivity index (χ1) is 11.5. The Morgan fingerprint density at radius 2 is 1.96 bits per heavy atom. The van der Waals surface area contributed by atoms with E-state index in [0.717, 1.165) is 25.9 Å². The Morgan fingerprint density at radius 3 is 2.52 bits per heavy atom. The molecule has 2 heterocycles. The molecule has 7 heteroatoms. The quantitative estimate of drug-likeness (QED) is 0.904. The summed E-state index contributed by atoms with van der Waals surface area (Å²) in [7, 11) is 1.76. The van der Waals surface area contributed by atoms with Crippen LogP contribution in [0.4, 0.5) is 10.7 Å². The van der Waals surface area contributed by atoms with Crippen LogP contribution in [0, 0.1) is 12.3 Å². The Labute approximate surface area is 149 Å². The van der Waals surface area contributed by atoms with E-state index in [1.165, 1.54) is 0 Å². The molecule has 0 aliphatic carbocycles. The highest BCUT2D eigenvalue weighted by Crippen LogP contribution is 2.31. The highest BCUT2D eigenvalue weighted by molar-refractivity contribution is 5.67. The minimum absolute atomic E-state index is 0.00933. The van der Waals surface area contributed by atoms with E-state index in [4.69, 9.17) is 4.74 Å². The maximum Gasteiger partial charge on any atom is 0.407 e. The van der Waals surface area contributed by atoms with Gasteiger partial charge in [0, 0.05) is 38.4 Å². The number of hydrogen-bond acceptors (Lipinski definition) is 5. The van der Waals surface area contributed by atoms with E-state index in [9.17, 15) is 9.59 Å². The SMILES string of the molecule is Cc1cnc(N2CCC(C)(CNC(=O)OC(C)(C)C)CC2)n(C)c1=O. The molecule has 0 spiro atoms. The van der Waals surface area contributed by atoms with Crippen molar-refractivity contribution in [2.45, 2.75) is 53.1 Å². The van der Waals surface area contributed by atoms with Crippen LogP contribution >= 0.6 is 0 Å². The summed E-state index contributed by atoms with van der Waals surface area (Å²) in [6, 6.07) is 0. The summed E-state index contributed by atoms with van der Waals surface area (Å²) in [6.45, 7) is 11.7. The first-order valence-corrected chi connectivity index (χ1v) is 8.75. The monoisotopic (exact) mass is 350 g/mol. The van der Waals surface area contributed by atoms with E-state index in [-0.39, 0.29) is 17.1 Å². The number of piperidine rings is 1. The zero-order valence-electron chi connectivity index (χ0n) is 16.2. The molecule has 7 nitrogen and oxygen atoms in total. The summed E-state index contributed by atoms with van der Waals surface area (Å²) in [4.78, 5) is 30.5. The van der Waals surface area contributed by atoms with E-state index in [0.29, 0.717) is 18.1 Å². The zero-order chi connectivity index (χ0) is 18.8. The first kappa shape index (κ1) is 19.3. The molecule has 25 heavy (non-hydrogen) atoms. The van der Waals surface area contributed by atoms with Gasteiger partial charge in [-0.05, 0) is 46.0 Å². The lowest BCUT2D eigenvalue weighted by atomic mass is 9.80. The van der Waals surface area contributed by atoms with Crippen molar-refractivity contribution in [2.75, 3.05) is 24.5 Å². The molecule has 0 unspecified atom stereocenters. The normalized spacial score (nSPS) is 17.3. The second-order valence-corrected chi connectivity index (χ2v) is 8.26. The molecule has 140 valence electrons. The van der Waals surface area contributed by atoms with Crippen LogP contribution in [0.15, 0.2) is 11.0 Å². The molecule has 0 aromatic carbocycles. The average molecular weight is 350 g/mol. The van der Waals surface area contributed by atoms with Crippen LogP contribution in [-0.2, 0) is 11.8 Å². The van der Waals surface area contributed by atoms with Gasteiger partial charge in [-0.25, -0.2) is 9.78 Å². The number of hydrogen-bond donors (Lipinski definition) is 1. The Kier molecular flexibility index (Phi) is 5.44. The van der Waals surface area contributed by atoms with E-state index in [2.05, 4.69) is 22.1 Å². The molecule has 1 aromatic heterocycles. The third kappa shape index (κ3) is 4.96. The fraction of sp³-hybridized carbons (Fsp3) is 0.722. The number of alkyl carbamates (subject to hydrolysis) is 1. The molecule has 1 aromatic rings. The third-order valence-electron chi connectivity index (χ3n) is 4.63. The van der Waals surface area contributed by atoms with Crippen LogP contribution in [-0.4, -0.2) is 40.9 Å². The summed E-state index contributed by atoms with van der Waals surface area (Å²) in [5, 5.41) is 2.88. The van der Waals surface area contributed by atoms with E-state index < -0.39 is 5.60 Å².